The largest absolute Gasteiger partial charge is 0.345 e. The minimum atomic E-state index is 0.0275. The van der Waals surface area contributed by atoms with Crippen molar-refractivity contribution in [2.75, 3.05) is 0 Å². The smallest absolute Gasteiger partial charge is 0.279 e. The monoisotopic (exact) mass is 153 g/mol. The van der Waals surface area contributed by atoms with Crippen molar-refractivity contribution in [3.63, 3.8) is 0 Å². The predicted molar refractivity (Wildman–Crippen MR) is 40.4 cm³/mol. The third kappa shape index (κ3) is 0.895. The highest BCUT2D eigenvalue weighted by atomic mass is 16.2. The molecular formula is C7H11N3O. The van der Waals surface area contributed by atoms with Crippen LogP contribution in [0, 0.1) is 0 Å². The van der Waals surface area contributed by atoms with Crippen molar-refractivity contribution in [1.82, 2.24) is 14.3 Å². The van der Waals surface area contributed by atoms with Gasteiger partial charge in [-0.15, -0.1) is 0 Å². The van der Waals surface area contributed by atoms with E-state index in [0.29, 0.717) is 0 Å². The second-order valence-electron chi connectivity index (χ2n) is 2.93. The van der Waals surface area contributed by atoms with Crippen molar-refractivity contribution in [3.05, 3.63) is 16.3 Å². The number of aromatic nitrogens is 3. The first-order valence-electron chi connectivity index (χ1n) is 3.92. The molecule has 1 aliphatic rings. The first-order valence-corrected chi connectivity index (χ1v) is 3.92. The van der Waals surface area contributed by atoms with E-state index >= 15 is 0 Å². The van der Waals surface area contributed by atoms with E-state index in [9.17, 15) is 4.79 Å². The van der Waals surface area contributed by atoms with Gasteiger partial charge < -0.3 is 0 Å². The highest BCUT2D eigenvalue weighted by Crippen LogP contribution is 2.08. The average molecular weight is 153 g/mol. The van der Waals surface area contributed by atoms with E-state index in [1.54, 1.807) is 11.6 Å². The summed E-state index contributed by atoms with van der Waals surface area (Å²) in [5.74, 6) is 0.948. The molecule has 0 saturated heterocycles. The summed E-state index contributed by atoms with van der Waals surface area (Å²) < 4.78 is 3.18. The van der Waals surface area contributed by atoms with Gasteiger partial charge in [-0.25, -0.2) is 9.48 Å². The second-order valence-corrected chi connectivity index (χ2v) is 2.93. The van der Waals surface area contributed by atoms with Gasteiger partial charge in [0.15, 0.2) is 0 Å². The third-order valence-electron chi connectivity index (χ3n) is 2.12. The number of hydrogen-bond donors (Lipinski definition) is 0. The van der Waals surface area contributed by atoms with Gasteiger partial charge >= 0.3 is 5.69 Å². The minimum absolute atomic E-state index is 0.0275. The van der Waals surface area contributed by atoms with Gasteiger partial charge in [0.05, 0.1) is 0 Å². The third-order valence-corrected chi connectivity index (χ3v) is 2.12. The molecule has 2 heterocycles. The highest BCUT2D eigenvalue weighted by molar-refractivity contribution is 4.90. The molecular weight excluding hydrogens is 142 g/mol. The first kappa shape index (κ1) is 6.64. The molecule has 0 aromatic carbocycles. The fourth-order valence-corrected chi connectivity index (χ4v) is 1.52. The zero-order valence-corrected chi connectivity index (χ0v) is 6.58. The van der Waals surface area contributed by atoms with Gasteiger partial charge in [-0.2, -0.15) is 5.10 Å². The van der Waals surface area contributed by atoms with Crippen LogP contribution in [-0.4, -0.2) is 14.3 Å². The van der Waals surface area contributed by atoms with E-state index in [-0.39, 0.29) is 5.69 Å². The molecule has 0 aliphatic carbocycles. The summed E-state index contributed by atoms with van der Waals surface area (Å²) in [6.45, 7) is 0.849. The lowest BCUT2D eigenvalue weighted by atomic mass is 10.2. The number of aryl methyl sites for hydroxylation is 2. The summed E-state index contributed by atoms with van der Waals surface area (Å²) in [6, 6.07) is 0. The lowest BCUT2D eigenvalue weighted by Crippen LogP contribution is -2.25. The van der Waals surface area contributed by atoms with Crippen LogP contribution >= 0.6 is 0 Å². The van der Waals surface area contributed by atoms with Crippen molar-refractivity contribution < 1.29 is 0 Å². The van der Waals surface area contributed by atoms with Crippen LogP contribution in [0.5, 0.6) is 0 Å². The second kappa shape index (κ2) is 2.22. The van der Waals surface area contributed by atoms with E-state index in [2.05, 4.69) is 5.10 Å². The van der Waals surface area contributed by atoms with E-state index < -0.39 is 0 Å². The van der Waals surface area contributed by atoms with Crippen molar-refractivity contribution in [1.29, 1.82) is 0 Å². The summed E-state index contributed by atoms with van der Waals surface area (Å²) in [6.07, 6.45) is 3.23. The molecule has 1 aliphatic heterocycles. The van der Waals surface area contributed by atoms with Gasteiger partial charge in [0.25, 0.3) is 0 Å². The van der Waals surface area contributed by atoms with Crippen LogP contribution in [0.15, 0.2) is 4.79 Å². The van der Waals surface area contributed by atoms with Crippen molar-refractivity contribution in [3.8, 4) is 0 Å². The fraction of sp³-hybridized carbons (Fsp3) is 0.714. The topological polar surface area (TPSA) is 39.8 Å². The van der Waals surface area contributed by atoms with Gasteiger partial charge in [-0.05, 0) is 12.8 Å². The molecule has 0 saturated carbocycles. The summed E-state index contributed by atoms with van der Waals surface area (Å²) in [5.41, 5.74) is 0.0275. The SMILES string of the molecule is Cn1nc2n(c1=O)CCCC2. The molecule has 4 heteroatoms. The fourth-order valence-electron chi connectivity index (χ4n) is 1.52. The Bertz CT molecular complexity index is 323. The number of nitrogens with zero attached hydrogens (tertiary/aromatic N) is 3. The quantitative estimate of drug-likeness (QED) is 0.523. The van der Waals surface area contributed by atoms with Gasteiger partial charge in [0, 0.05) is 20.0 Å². The predicted octanol–water partition coefficient (Wildman–Crippen LogP) is -0.0819. The van der Waals surface area contributed by atoms with Crippen LogP contribution in [0.25, 0.3) is 0 Å². The molecule has 1 aromatic rings. The molecule has 11 heavy (non-hydrogen) atoms. The Morgan fingerprint density at radius 2 is 2.27 bits per heavy atom. The molecule has 0 fully saturated rings. The van der Waals surface area contributed by atoms with E-state index in [1.165, 1.54) is 4.68 Å². The average Bonchev–Trinajstić information content (AvgIpc) is 2.30. The van der Waals surface area contributed by atoms with Crippen molar-refractivity contribution in [2.45, 2.75) is 25.8 Å². The number of rotatable bonds is 0. The van der Waals surface area contributed by atoms with E-state index in [4.69, 9.17) is 0 Å². The van der Waals surface area contributed by atoms with Crippen LogP contribution in [0.2, 0.25) is 0 Å². The molecule has 0 radical (unpaired) electrons. The summed E-state index contributed by atoms with van der Waals surface area (Å²) in [5, 5.41) is 4.12. The Balaban J connectivity index is 2.59. The summed E-state index contributed by atoms with van der Waals surface area (Å²) in [4.78, 5) is 11.3. The van der Waals surface area contributed by atoms with Crippen LogP contribution in [-0.2, 0) is 20.0 Å². The standard InChI is InChI=1S/C7H11N3O/c1-9-7(11)10-5-3-2-4-6(10)8-9/h2-5H2,1H3. The lowest BCUT2D eigenvalue weighted by Gasteiger charge is -2.09. The Hall–Kier alpha value is -1.06. The molecule has 0 atom stereocenters. The van der Waals surface area contributed by atoms with Gasteiger partial charge in [-0.1, -0.05) is 0 Å². The highest BCUT2D eigenvalue weighted by Gasteiger charge is 2.13. The lowest BCUT2D eigenvalue weighted by molar-refractivity contribution is 0.512. The molecule has 0 amide bonds. The Morgan fingerprint density at radius 3 is 3.00 bits per heavy atom. The zero-order valence-electron chi connectivity index (χ0n) is 6.58. The van der Waals surface area contributed by atoms with E-state index in [1.807, 2.05) is 0 Å². The van der Waals surface area contributed by atoms with Gasteiger partial charge in [0.1, 0.15) is 5.82 Å². The molecule has 0 N–H and O–H groups in total. The maximum atomic E-state index is 11.3. The zero-order chi connectivity index (χ0) is 7.84. The van der Waals surface area contributed by atoms with Gasteiger partial charge in [0.2, 0.25) is 0 Å². The molecule has 60 valence electrons. The Labute approximate surface area is 64.4 Å². The Morgan fingerprint density at radius 1 is 1.45 bits per heavy atom. The van der Waals surface area contributed by atoms with Crippen LogP contribution in [0.4, 0.5) is 0 Å². The van der Waals surface area contributed by atoms with Crippen LogP contribution in [0.1, 0.15) is 18.7 Å². The summed E-state index contributed by atoms with van der Waals surface area (Å²) in [7, 11) is 1.70. The number of hydrogen-bond acceptors (Lipinski definition) is 2. The van der Waals surface area contributed by atoms with Crippen LogP contribution < -0.4 is 5.69 Å². The molecule has 0 bridgehead atoms. The van der Waals surface area contributed by atoms with Crippen molar-refractivity contribution >= 4 is 0 Å². The Kier molecular flexibility index (Phi) is 1.34. The van der Waals surface area contributed by atoms with E-state index in [0.717, 1.165) is 31.6 Å². The molecule has 4 nitrogen and oxygen atoms in total. The van der Waals surface area contributed by atoms with Crippen molar-refractivity contribution in [2.24, 2.45) is 7.05 Å². The minimum Gasteiger partial charge on any atom is -0.279 e. The maximum Gasteiger partial charge on any atom is 0.345 e. The maximum absolute atomic E-state index is 11.3. The number of fused-ring (bicyclic) bond motifs is 1. The molecule has 0 spiro atoms. The normalized spacial score (nSPS) is 16.5. The van der Waals surface area contributed by atoms with Crippen LogP contribution in [0.3, 0.4) is 0 Å². The molecule has 1 aromatic heterocycles. The molecule has 2 rings (SSSR count). The first-order chi connectivity index (χ1) is 5.29. The molecule has 0 unspecified atom stereocenters. The van der Waals surface area contributed by atoms with Gasteiger partial charge in [-0.3, -0.25) is 4.57 Å². The summed E-state index contributed by atoms with van der Waals surface area (Å²) >= 11 is 0.